The summed E-state index contributed by atoms with van der Waals surface area (Å²) in [5.74, 6) is 1.01. The minimum absolute atomic E-state index is 0. The molecule has 1 aliphatic rings. The molecule has 0 amide bonds. The topological polar surface area (TPSA) is 33.7 Å². The molecule has 0 unspecified atom stereocenters. The van der Waals surface area contributed by atoms with Crippen molar-refractivity contribution in [2.24, 2.45) is 0 Å². The molecular formula is C14H21Cl2FN2O2. The van der Waals surface area contributed by atoms with Crippen LogP contribution in [-0.4, -0.2) is 52.0 Å². The highest BCUT2D eigenvalue weighted by molar-refractivity contribution is 6.33. The highest BCUT2D eigenvalue weighted by Gasteiger charge is 2.26. The second-order valence-corrected chi connectivity index (χ2v) is 5.04. The van der Waals surface area contributed by atoms with Gasteiger partial charge in [0.2, 0.25) is 0 Å². The first-order valence-electron chi connectivity index (χ1n) is 6.64. The van der Waals surface area contributed by atoms with Crippen LogP contribution in [0.4, 0.5) is 4.39 Å². The zero-order chi connectivity index (χ0) is 14.5. The normalized spacial score (nSPS) is 17.0. The summed E-state index contributed by atoms with van der Waals surface area (Å²) < 4.78 is 24.0. The molecule has 120 valence electrons. The van der Waals surface area contributed by atoms with E-state index in [1.807, 2.05) is 6.07 Å². The minimum atomic E-state index is -0.477. The molecule has 0 saturated carbocycles. The van der Waals surface area contributed by atoms with E-state index >= 15 is 0 Å². The SMILES string of the molecule is COc1ccc([C@H](CF)N2CCNCC2)c(Cl)c1OC.Cl. The lowest BCUT2D eigenvalue weighted by molar-refractivity contribution is 0.147. The Morgan fingerprint density at radius 1 is 1.29 bits per heavy atom. The predicted octanol–water partition coefficient (Wildman–Crippen LogP) is 2.69. The van der Waals surface area contributed by atoms with Crippen molar-refractivity contribution in [3.63, 3.8) is 0 Å². The first kappa shape index (κ1) is 18.3. The van der Waals surface area contributed by atoms with Gasteiger partial charge in [0.05, 0.1) is 25.3 Å². The van der Waals surface area contributed by atoms with E-state index in [0.29, 0.717) is 16.5 Å². The number of hydrogen-bond donors (Lipinski definition) is 1. The van der Waals surface area contributed by atoms with Crippen molar-refractivity contribution in [2.45, 2.75) is 6.04 Å². The fourth-order valence-electron chi connectivity index (χ4n) is 2.53. The van der Waals surface area contributed by atoms with Crippen LogP contribution in [0.15, 0.2) is 12.1 Å². The van der Waals surface area contributed by atoms with Crippen LogP contribution in [0, 0.1) is 0 Å². The fourth-order valence-corrected chi connectivity index (χ4v) is 2.89. The Balaban J connectivity index is 0.00000220. The number of nitrogens with zero attached hydrogens (tertiary/aromatic N) is 1. The van der Waals surface area contributed by atoms with E-state index in [9.17, 15) is 4.39 Å². The van der Waals surface area contributed by atoms with Crippen molar-refractivity contribution < 1.29 is 13.9 Å². The molecule has 2 rings (SSSR count). The van der Waals surface area contributed by atoms with Gasteiger partial charge in [-0.2, -0.15) is 0 Å². The first-order valence-corrected chi connectivity index (χ1v) is 7.01. The second kappa shape index (κ2) is 8.63. The van der Waals surface area contributed by atoms with E-state index in [1.165, 1.54) is 7.11 Å². The minimum Gasteiger partial charge on any atom is -0.493 e. The van der Waals surface area contributed by atoms with Gasteiger partial charge < -0.3 is 14.8 Å². The molecule has 1 fully saturated rings. The van der Waals surface area contributed by atoms with Gasteiger partial charge in [-0.1, -0.05) is 17.7 Å². The fraction of sp³-hybridized carbons (Fsp3) is 0.571. The van der Waals surface area contributed by atoms with E-state index in [4.69, 9.17) is 21.1 Å². The molecule has 1 N–H and O–H groups in total. The lowest BCUT2D eigenvalue weighted by Gasteiger charge is -2.34. The van der Waals surface area contributed by atoms with Crippen molar-refractivity contribution in [1.29, 1.82) is 0 Å². The Hall–Kier alpha value is -0.750. The number of benzene rings is 1. The van der Waals surface area contributed by atoms with Crippen LogP contribution >= 0.6 is 24.0 Å². The van der Waals surface area contributed by atoms with Crippen molar-refractivity contribution >= 4 is 24.0 Å². The lowest BCUT2D eigenvalue weighted by atomic mass is 10.0. The van der Waals surface area contributed by atoms with Crippen LogP contribution < -0.4 is 14.8 Å². The molecule has 0 radical (unpaired) electrons. The summed E-state index contributed by atoms with van der Waals surface area (Å²) in [7, 11) is 3.08. The van der Waals surface area contributed by atoms with Gasteiger partial charge in [0.1, 0.15) is 6.67 Å². The number of rotatable bonds is 5. The summed E-state index contributed by atoms with van der Waals surface area (Å²) in [4.78, 5) is 2.10. The highest BCUT2D eigenvalue weighted by atomic mass is 35.5. The highest BCUT2D eigenvalue weighted by Crippen LogP contribution is 2.41. The molecule has 0 aromatic heterocycles. The number of ether oxygens (including phenoxy) is 2. The van der Waals surface area contributed by atoms with E-state index < -0.39 is 6.67 Å². The number of piperazine rings is 1. The third kappa shape index (κ3) is 3.92. The molecule has 0 spiro atoms. The van der Waals surface area contributed by atoms with Gasteiger partial charge >= 0.3 is 0 Å². The zero-order valence-electron chi connectivity index (χ0n) is 12.2. The van der Waals surface area contributed by atoms with Crippen molar-refractivity contribution in [2.75, 3.05) is 47.1 Å². The first-order chi connectivity index (χ1) is 9.72. The molecule has 1 aliphatic heterocycles. The Bertz CT molecular complexity index is 457. The number of alkyl halides is 1. The van der Waals surface area contributed by atoms with E-state index in [0.717, 1.165) is 31.7 Å². The number of nitrogens with one attached hydrogen (secondary N) is 1. The quantitative estimate of drug-likeness (QED) is 0.894. The Kier molecular flexibility index (Phi) is 7.52. The second-order valence-electron chi connectivity index (χ2n) is 4.66. The molecule has 1 saturated heterocycles. The molecule has 7 heteroatoms. The molecule has 4 nitrogen and oxygen atoms in total. The lowest BCUT2D eigenvalue weighted by Crippen LogP contribution is -2.45. The maximum Gasteiger partial charge on any atom is 0.179 e. The standard InChI is InChI=1S/C14H20ClFN2O2.ClH/c1-19-12-4-3-10(13(15)14(12)20-2)11(9-16)18-7-5-17-6-8-18;/h3-4,11,17H,5-9H2,1-2H3;1H/t11-;/m0./s1. The van der Waals surface area contributed by atoms with Gasteiger partial charge in [0.25, 0.3) is 0 Å². The van der Waals surface area contributed by atoms with Gasteiger partial charge in [-0.05, 0) is 11.6 Å². The maximum absolute atomic E-state index is 13.5. The van der Waals surface area contributed by atoms with E-state index in [2.05, 4.69) is 10.2 Å². The number of methoxy groups -OCH3 is 2. The number of halogens is 3. The molecular weight excluding hydrogens is 318 g/mol. The summed E-state index contributed by atoms with van der Waals surface area (Å²) >= 11 is 6.37. The van der Waals surface area contributed by atoms with Crippen LogP contribution in [0.1, 0.15) is 11.6 Å². The van der Waals surface area contributed by atoms with Crippen molar-refractivity contribution in [1.82, 2.24) is 10.2 Å². The molecule has 1 heterocycles. The molecule has 21 heavy (non-hydrogen) atoms. The molecule has 1 aromatic carbocycles. The van der Waals surface area contributed by atoms with Crippen molar-refractivity contribution in [3.8, 4) is 11.5 Å². The smallest absolute Gasteiger partial charge is 0.179 e. The average Bonchev–Trinajstić information content (AvgIpc) is 2.50. The molecule has 0 bridgehead atoms. The third-order valence-corrected chi connectivity index (χ3v) is 4.00. The van der Waals surface area contributed by atoms with Gasteiger partial charge in [-0.15, -0.1) is 12.4 Å². The molecule has 1 atom stereocenters. The van der Waals surface area contributed by atoms with Crippen LogP contribution in [-0.2, 0) is 0 Å². The summed E-state index contributed by atoms with van der Waals surface area (Å²) in [5, 5.41) is 3.68. The predicted molar refractivity (Wildman–Crippen MR) is 85.0 cm³/mol. The van der Waals surface area contributed by atoms with E-state index in [1.54, 1.807) is 13.2 Å². The largest absolute Gasteiger partial charge is 0.493 e. The van der Waals surface area contributed by atoms with Gasteiger partial charge in [-0.25, -0.2) is 4.39 Å². The van der Waals surface area contributed by atoms with Crippen LogP contribution in [0.25, 0.3) is 0 Å². The monoisotopic (exact) mass is 338 g/mol. The van der Waals surface area contributed by atoms with Crippen LogP contribution in [0.3, 0.4) is 0 Å². The third-order valence-electron chi connectivity index (χ3n) is 3.61. The maximum atomic E-state index is 13.5. The average molecular weight is 339 g/mol. The van der Waals surface area contributed by atoms with Gasteiger partial charge in [-0.3, -0.25) is 4.90 Å². The van der Waals surface area contributed by atoms with Crippen molar-refractivity contribution in [3.05, 3.63) is 22.7 Å². The summed E-state index contributed by atoms with van der Waals surface area (Å²) in [6.07, 6.45) is 0. The van der Waals surface area contributed by atoms with Gasteiger partial charge in [0, 0.05) is 26.2 Å². The summed E-state index contributed by atoms with van der Waals surface area (Å²) in [6.45, 7) is 2.86. The Labute approximate surface area is 136 Å². The Morgan fingerprint density at radius 2 is 1.95 bits per heavy atom. The Morgan fingerprint density at radius 3 is 2.48 bits per heavy atom. The van der Waals surface area contributed by atoms with Crippen LogP contribution in [0.2, 0.25) is 5.02 Å². The number of hydrogen-bond acceptors (Lipinski definition) is 4. The summed E-state index contributed by atoms with van der Waals surface area (Å²) in [5.41, 5.74) is 0.744. The van der Waals surface area contributed by atoms with E-state index in [-0.39, 0.29) is 18.4 Å². The van der Waals surface area contributed by atoms with Crippen LogP contribution in [0.5, 0.6) is 11.5 Å². The summed E-state index contributed by atoms with van der Waals surface area (Å²) in [6, 6.07) is 3.24. The molecule has 1 aromatic rings. The van der Waals surface area contributed by atoms with Gasteiger partial charge in [0.15, 0.2) is 11.5 Å². The molecule has 0 aliphatic carbocycles. The zero-order valence-corrected chi connectivity index (χ0v) is 13.8.